The number of aryl methyl sites for hydroxylation is 1. The fourth-order valence-electron chi connectivity index (χ4n) is 3.01. The average molecular weight is 263 g/mol. The second kappa shape index (κ2) is 5.76. The van der Waals surface area contributed by atoms with Crippen LogP contribution in [0.15, 0.2) is 6.07 Å². The van der Waals surface area contributed by atoms with Crippen molar-refractivity contribution in [1.82, 2.24) is 15.1 Å². The highest BCUT2D eigenvalue weighted by Gasteiger charge is 2.25. The molecule has 0 atom stereocenters. The van der Waals surface area contributed by atoms with Gasteiger partial charge in [-0.15, -0.1) is 0 Å². The van der Waals surface area contributed by atoms with Gasteiger partial charge in [0.15, 0.2) is 0 Å². The van der Waals surface area contributed by atoms with Crippen molar-refractivity contribution in [1.29, 1.82) is 0 Å². The number of hydrogen-bond acceptors (Lipinski definition) is 2. The Morgan fingerprint density at radius 2 is 2.00 bits per heavy atom. The summed E-state index contributed by atoms with van der Waals surface area (Å²) in [7, 11) is 0. The minimum absolute atomic E-state index is 0.0845. The van der Waals surface area contributed by atoms with E-state index in [1.165, 1.54) is 5.69 Å². The lowest BCUT2D eigenvalue weighted by Gasteiger charge is -2.30. The van der Waals surface area contributed by atoms with E-state index in [2.05, 4.69) is 41.9 Å². The molecule has 0 bridgehead atoms. The lowest BCUT2D eigenvalue weighted by molar-refractivity contribution is -0.119. The van der Waals surface area contributed by atoms with Gasteiger partial charge in [0.2, 0.25) is 5.91 Å². The van der Waals surface area contributed by atoms with Crippen LogP contribution in [-0.4, -0.2) is 21.7 Å². The summed E-state index contributed by atoms with van der Waals surface area (Å²) >= 11 is 0. The summed E-state index contributed by atoms with van der Waals surface area (Å²) in [5.41, 5.74) is 2.44. The van der Waals surface area contributed by atoms with E-state index in [0.717, 1.165) is 31.4 Å². The number of aromatic nitrogens is 2. The lowest BCUT2D eigenvalue weighted by Crippen LogP contribution is -2.37. The topological polar surface area (TPSA) is 46.9 Å². The van der Waals surface area contributed by atoms with Gasteiger partial charge in [-0.1, -0.05) is 13.8 Å². The molecule has 19 heavy (non-hydrogen) atoms. The van der Waals surface area contributed by atoms with Gasteiger partial charge < -0.3 is 5.32 Å². The van der Waals surface area contributed by atoms with Gasteiger partial charge in [0.05, 0.1) is 11.7 Å². The number of nitrogens with zero attached hydrogens (tertiary/aromatic N) is 2. The lowest BCUT2D eigenvalue weighted by atomic mass is 9.91. The minimum Gasteiger partial charge on any atom is -0.354 e. The summed E-state index contributed by atoms with van der Waals surface area (Å²) in [6, 6.07) is 3.05. The van der Waals surface area contributed by atoms with Crippen LogP contribution in [0.2, 0.25) is 0 Å². The molecule has 0 saturated heterocycles. The molecule has 1 heterocycles. The van der Waals surface area contributed by atoms with E-state index < -0.39 is 0 Å². The predicted octanol–water partition coefficient (Wildman–Crippen LogP) is 2.93. The maximum Gasteiger partial charge on any atom is 0.217 e. The molecule has 1 amide bonds. The van der Waals surface area contributed by atoms with Crippen LogP contribution in [0.4, 0.5) is 0 Å². The molecule has 1 aliphatic carbocycles. The van der Waals surface area contributed by atoms with E-state index in [-0.39, 0.29) is 5.91 Å². The molecule has 0 radical (unpaired) electrons. The quantitative estimate of drug-likeness (QED) is 0.911. The second-order valence-electron chi connectivity index (χ2n) is 6.02. The van der Waals surface area contributed by atoms with Gasteiger partial charge in [-0.2, -0.15) is 5.10 Å². The Bertz CT molecular complexity index is 442. The number of nitrogens with one attached hydrogen (secondary N) is 1. The molecule has 0 aromatic carbocycles. The van der Waals surface area contributed by atoms with E-state index in [9.17, 15) is 4.79 Å². The van der Waals surface area contributed by atoms with Gasteiger partial charge in [-0.05, 0) is 44.6 Å². The predicted molar refractivity (Wildman–Crippen MR) is 76.2 cm³/mol. The van der Waals surface area contributed by atoms with Crippen molar-refractivity contribution in [3.05, 3.63) is 17.5 Å². The van der Waals surface area contributed by atoms with Crippen LogP contribution in [0.3, 0.4) is 0 Å². The summed E-state index contributed by atoms with van der Waals surface area (Å²) in [6.45, 7) is 8.09. The molecule has 1 aromatic rings. The minimum atomic E-state index is 0.0845. The second-order valence-corrected chi connectivity index (χ2v) is 6.02. The van der Waals surface area contributed by atoms with Crippen LogP contribution in [0.1, 0.15) is 69.8 Å². The molecule has 0 aliphatic heterocycles. The van der Waals surface area contributed by atoms with Crippen molar-refractivity contribution in [2.45, 2.75) is 71.4 Å². The van der Waals surface area contributed by atoms with E-state index >= 15 is 0 Å². The Balaban J connectivity index is 2.03. The first-order valence-electron chi connectivity index (χ1n) is 7.30. The molecular weight excluding hydrogens is 238 g/mol. The first-order chi connectivity index (χ1) is 8.97. The Morgan fingerprint density at radius 1 is 1.37 bits per heavy atom. The fourth-order valence-corrected chi connectivity index (χ4v) is 3.01. The number of amides is 1. The molecular formula is C15H25N3O. The number of hydrogen-bond donors (Lipinski definition) is 1. The van der Waals surface area contributed by atoms with Crippen molar-refractivity contribution in [3.63, 3.8) is 0 Å². The zero-order chi connectivity index (χ0) is 14.0. The highest BCUT2D eigenvalue weighted by Crippen LogP contribution is 2.31. The molecule has 2 rings (SSSR count). The van der Waals surface area contributed by atoms with Gasteiger partial charge in [0.25, 0.3) is 0 Å². The third-order valence-corrected chi connectivity index (χ3v) is 3.93. The molecule has 4 nitrogen and oxygen atoms in total. The summed E-state index contributed by atoms with van der Waals surface area (Å²) in [5.74, 6) is 0.593. The van der Waals surface area contributed by atoms with E-state index in [0.29, 0.717) is 18.0 Å². The van der Waals surface area contributed by atoms with Gasteiger partial charge in [-0.25, -0.2) is 0 Å². The molecule has 0 spiro atoms. The number of carbonyl (C=O) groups excluding carboxylic acids is 1. The van der Waals surface area contributed by atoms with Crippen LogP contribution in [0, 0.1) is 6.92 Å². The summed E-state index contributed by atoms with van der Waals surface area (Å²) in [4.78, 5) is 11.1. The maximum atomic E-state index is 11.1. The fraction of sp³-hybridized carbons (Fsp3) is 0.733. The van der Waals surface area contributed by atoms with Gasteiger partial charge in [-0.3, -0.25) is 9.48 Å². The van der Waals surface area contributed by atoms with Crippen LogP contribution in [-0.2, 0) is 4.79 Å². The zero-order valence-corrected chi connectivity index (χ0v) is 12.4. The van der Waals surface area contributed by atoms with Crippen LogP contribution >= 0.6 is 0 Å². The van der Waals surface area contributed by atoms with Crippen molar-refractivity contribution >= 4 is 5.91 Å². The van der Waals surface area contributed by atoms with Crippen LogP contribution < -0.4 is 5.32 Å². The molecule has 1 N–H and O–H groups in total. The van der Waals surface area contributed by atoms with Crippen molar-refractivity contribution < 1.29 is 4.79 Å². The van der Waals surface area contributed by atoms with Gasteiger partial charge >= 0.3 is 0 Å². The summed E-state index contributed by atoms with van der Waals surface area (Å²) < 4.78 is 2.23. The third-order valence-electron chi connectivity index (χ3n) is 3.93. The highest BCUT2D eigenvalue weighted by molar-refractivity contribution is 5.73. The van der Waals surface area contributed by atoms with E-state index in [4.69, 9.17) is 0 Å². The van der Waals surface area contributed by atoms with Gasteiger partial charge in [0.1, 0.15) is 0 Å². The van der Waals surface area contributed by atoms with Crippen LogP contribution in [0.25, 0.3) is 0 Å². The smallest absolute Gasteiger partial charge is 0.217 e. The highest BCUT2D eigenvalue weighted by atomic mass is 16.1. The van der Waals surface area contributed by atoms with Crippen molar-refractivity contribution in [2.24, 2.45) is 0 Å². The maximum absolute atomic E-state index is 11.1. The van der Waals surface area contributed by atoms with Crippen molar-refractivity contribution in [2.75, 3.05) is 0 Å². The Hall–Kier alpha value is -1.32. The Morgan fingerprint density at radius 3 is 2.53 bits per heavy atom. The first kappa shape index (κ1) is 14.1. The average Bonchev–Trinajstić information content (AvgIpc) is 2.72. The van der Waals surface area contributed by atoms with Crippen LogP contribution in [0.5, 0.6) is 0 Å². The number of carbonyl (C=O) groups is 1. The summed E-state index contributed by atoms with van der Waals surface area (Å²) in [5, 5.41) is 7.70. The van der Waals surface area contributed by atoms with Gasteiger partial charge in [0, 0.05) is 18.7 Å². The Kier molecular flexibility index (Phi) is 4.27. The molecule has 1 saturated carbocycles. The largest absolute Gasteiger partial charge is 0.354 e. The third kappa shape index (κ3) is 3.37. The molecule has 106 valence electrons. The van der Waals surface area contributed by atoms with E-state index in [1.807, 2.05) is 0 Å². The zero-order valence-electron chi connectivity index (χ0n) is 12.4. The molecule has 4 heteroatoms. The molecule has 0 unspecified atom stereocenters. The standard InChI is InChI=1S/C15H25N3O/c1-10(2)15-9-11(3)17-18(15)14-7-5-13(6-8-14)16-12(4)19/h9-10,13-14H,5-8H2,1-4H3,(H,16,19). The normalized spacial score (nSPS) is 23.6. The summed E-state index contributed by atoms with van der Waals surface area (Å²) in [6.07, 6.45) is 4.32. The number of rotatable bonds is 3. The molecule has 1 aliphatic rings. The SMILES string of the molecule is CC(=O)NC1CCC(n2nc(C)cc2C(C)C)CC1. The molecule has 1 aromatic heterocycles. The van der Waals surface area contributed by atoms with Crippen molar-refractivity contribution in [3.8, 4) is 0 Å². The van der Waals surface area contributed by atoms with E-state index in [1.54, 1.807) is 6.92 Å². The first-order valence-corrected chi connectivity index (χ1v) is 7.30. The monoisotopic (exact) mass is 263 g/mol. The molecule has 1 fully saturated rings. The Labute approximate surface area is 115 Å².